The van der Waals surface area contributed by atoms with Gasteiger partial charge in [-0.2, -0.15) is 0 Å². The van der Waals surface area contributed by atoms with E-state index in [0.717, 1.165) is 0 Å². The summed E-state index contributed by atoms with van der Waals surface area (Å²) < 4.78 is 5.61. The molecule has 0 spiro atoms. The van der Waals surface area contributed by atoms with Crippen molar-refractivity contribution in [1.29, 1.82) is 0 Å². The molecule has 0 aliphatic rings. The van der Waals surface area contributed by atoms with E-state index in [1.807, 2.05) is 36.4 Å². The lowest BCUT2D eigenvalue weighted by Gasteiger charge is -2.03. The van der Waals surface area contributed by atoms with Crippen LogP contribution in [0.5, 0.6) is 0 Å². The van der Waals surface area contributed by atoms with Crippen molar-refractivity contribution in [3.63, 3.8) is 0 Å². The number of nitrogens with two attached hydrogens (primary N) is 1. The van der Waals surface area contributed by atoms with E-state index in [4.69, 9.17) is 20.7 Å². The van der Waals surface area contributed by atoms with Crippen LogP contribution in [0.4, 0.5) is 0 Å². The van der Waals surface area contributed by atoms with Gasteiger partial charge in [-0.3, -0.25) is 9.59 Å². The van der Waals surface area contributed by atoms with E-state index in [2.05, 4.69) is 24.3 Å². The van der Waals surface area contributed by atoms with Crippen LogP contribution in [-0.2, 0) is 27.5 Å². The highest BCUT2D eigenvalue weighted by atomic mass is 16.5. The summed E-state index contributed by atoms with van der Waals surface area (Å²) >= 11 is 0. The molecule has 0 saturated carbocycles. The number of rotatable bonds is 8. The van der Waals surface area contributed by atoms with Gasteiger partial charge in [0.05, 0.1) is 13.2 Å². The van der Waals surface area contributed by atoms with E-state index < -0.39 is 18.0 Å². The fraction of sp³-hybridized carbons (Fsp3) is 0.263. The molecule has 2 rings (SSSR count). The molecule has 0 heterocycles. The SMILES string of the molecule is N[C@@H](CCC(=O)O)C(=O)O.c1ccc(COCc2ccccc2)cc1. The largest absolute Gasteiger partial charge is 0.481 e. The average molecular weight is 345 g/mol. The van der Waals surface area contributed by atoms with E-state index in [9.17, 15) is 9.59 Å². The van der Waals surface area contributed by atoms with Crippen molar-refractivity contribution in [1.82, 2.24) is 0 Å². The predicted molar refractivity (Wildman–Crippen MR) is 93.9 cm³/mol. The second-order valence-electron chi connectivity index (χ2n) is 5.34. The fourth-order valence-electron chi connectivity index (χ4n) is 1.84. The van der Waals surface area contributed by atoms with Crippen molar-refractivity contribution in [3.05, 3.63) is 71.8 Å². The van der Waals surface area contributed by atoms with Gasteiger partial charge in [-0.05, 0) is 17.5 Å². The minimum Gasteiger partial charge on any atom is -0.481 e. The zero-order valence-electron chi connectivity index (χ0n) is 13.9. The highest BCUT2D eigenvalue weighted by Gasteiger charge is 2.12. The second-order valence-corrected chi connectivity index (χ2v) is 5.34. The number of benzene rings is 2. The Morgan fingerprint density at radius 3 is 1.68 bits per heavy atom. The monoisotopic (exact) mass is 345 g/mol. The highest BCUT2D eigenvalue weighted by Crippen LogP contribution is 2.05. The van der Waals surface area contributed by atoms with Crippen LogP contribution >= 0.6 is 0 Å². The lowest BCUT2D eigenvalue weighted by atomic mass is 10.2. The quantitative estimate of drug-likeness (QED) is 0.678. The van der Waals surface area contributed by atoms with Crippen LogP contribution in [0.25, 0.3) is 0 Å². The van der Waals surface area contributed by atoms with E-state index in [1.54, 1.807) is 0 Å². The second kappa shape index (κ2) is 11.8. The van der Waals surface area contributed by atoms with Gasteiger partial charge < -0.3 is 20.7 Å². The Morgan fingerprint density at radius 1 is 0.880 bits per heavy atom. The summed E-state index contributed by atoms with van der Waals surface area (Å²) in [5.41, 5.74) is 7.43. The Morgan fingerprint density at radius 2 is 1.32 bits per heavy atom. The van der Waals surface area contributed by atoms with Crippen molar-refractivity contribution >= 4 is 11.9 Å². The Hall–Kier alpha value is -2.70. The third kappa shape index (κ3) is 9.91. The van der Waals surface area contributed by atoms with Crippen molar-refractivity contribution < 1.29 is 24.5 Å². The third-order valence-electron chi connectivity index (χ3n) is 3.21. The molecular formula is C19H23NO5. The molecule has 1 atom stereocenters. The van der Waals surface area contributed by atoms with Gasteiger partial charge in [0.2, 0.25) is 0 Å². The lowest BCUT2D eigenvalue weighted by molar-refractivity contribution is -0.139. The molecule has 2 aromatic carbocycles. The van der Waals surface area contributed by atoms with Crippen LogP contribution in [0.1, 0.15) is 24.0 Å². The number of aliphatic carboxylic acids is 2. The predicted octanol–water partition coefficient (Wildman–Crippen LogP) is 2.67. The van der Waals surface area contributed by atoms with Gasteiger partial charge in [-0.15, -0.1) is 0 Å². The van der Waals surface area contributed by atoms with Gasteiger partial charge in [-0.25, -0.2) is 0 Å². The average Bonchev–Trinajstić information content (AvgIpc) is 2.62. The van der Waals surface area contributed by atoms with Crippen molar-refractivity contribution in [2.75, 3.05) is 0 Å². The van der Waals surface area contributed by atoms with Gasteiger partial charge in [0, 0.05) is 6.42 Å². The summed E-state index contributed by atoms with van der Waals surface area (Å²) in [4.78, 5) is 19.9. The van der Waals surface area contributed by atoms with Crippen LogP contribution in [0.2, 0.25) is 0 Å². The smallest absolute Gasteiger partial charge is 0.320 e. The maximum Gasteiger partial charge on any atom is 0.320 e. The molecule has 2 aromatic rings. The molecule has 0 aromatic heterocycles. The van der Waals surface area contributed by atoms with E-state index in [1.165, 1.54) is 11.1 Å². The minimum atomic E-state index is -1.17. The van der Waals surface area contributed by atoms with Gasteiger partial charge in [0.1, 0.15) is 6.04 Å². The number of hydrogen-bond donors (Lipinski definition) is 3. The van der Waals surface area contributed by atoms with Crippen LogP contribution in [0.15, 0.2) is 60.7 Å². The molecular weight excluding hydrogens is 322 g/mol. The van der Waals surface area contributed by atoms with Crippen molar-refractivity contribution in [3.8, 4) is 0 Å². The summed E-state index contributed by atoms with van der Waals surface area (Å²) in [6.45, 7) is 1.35. The van der Waals surface area contributed by atoms with E-state index in [-0.39, 0.29) is 12.8 Å². The molecule has 4 N–H and O–H groups in total. The molecule has 6 nitrogen and oxygen atoms in total. The molecule has 25 heavy (non-hydrogen) atoms. The van der Waals surface area contributed by atoms with Crippen LogP contribution in [-0.4, -0.2) is 28.2 Å². The molecule has 6 heteroatoms. The Balaban J connectivity index is 0.000000275. The van der Waals surface area contributed by atoms with Crippen LogP contribution in [0, 0.1) is 0 Å². The molecule has 0 radical (unpaired) electrons. The molecule has 0 bridgehead atoms. The molecule has 0 amide bonds. The Kier molecular flexibility index (Phi) is 9.58. The maximum absolute atomic E-state index is 9.99. The first-order valence-corrected chi connectivity index (χ1v) is 7.85. The van der Waals surface area contributed by atoms with Crippen molar-refractivity contribution in [2.45, 2.75) is 32.1 Å². The summed E-state index contributed by atoms with van der Waals surface area (Å²) in [6, 6.07) is 19.4. The van der Waals surface area contributed by atoms with Crippen LogP contribution < -0.4 is 5.73 Å². The van der Waals surface area contributed by atoms with Crippen LogP contribution in [0.3, 0.4) is 0 Å². The summed E-state index contributed by atoms with van der Waals surface area (Å²) in [7, 11) is 0. The first kappa shape index (κ1) is 20.3. The molecule has 134 valence electrons. The zero-order chi connectivity index (χ0) is 18.5. The van der Waals surface area contributed by atoms with Crippen molar-refractivity contribution in [2.24, 2.45) is 5.73 Å². The van der Waals surface area contributed by atoms with Gasteiger partial charge in [0.25, 0.3) is 0 Å². The normalized spacial score (nSPS) is 11.1. The van der Waals surface area contributed by atoms with Gasteiger partial charge in [-0.1, -0.05) is 60.7 Å². The molecule has 0 aliphatic carbocycles. The van der Waals surface area contributed by atoms with E-state index >= 15 is 0 Å². The minimum absolute atomic E-state index is 0.0231. The highest BCUT2D eigenvalue weighted by molar-refractivity contribution is 5.74. The Labute approximate surface area is 146 Å². The topological polar surface area (TPSA) is 110 Å². The standard InChI is InChI=1S/C14H14O.C5H9NO4/c1-3-7-13(8-4-1)11-15-12-14-9-5-2-6-10-14;6-3(5(9)10)1-2-4(7)8/h1-10H,11-12H2;3H,1-2,6H2,(H,7,8)(H,9,10)/t;3-/m.0/s1. The first-order chi connectivity index (χ1) is 12.0. The third-order valence-corrected chi connectivity index (χ3v) is 3.21. The first-order valence-electron chi connectivity index (χ1n) is 7.85. The summed E-state index contributed by atoms with van der Waals surface area (Å²) in [5.74, 6) is -2.20. The zero-order valence-corrected chi connectivity index (χ0v) is 13.9. The molecule has 0 aliphatic heterocycles. The molecule has 0 unspecified atom stereocenters. The Bertz CT molecular complexity index is 591. The number of carbonyl (C=O) groups is 2. The summed E-state index contributed by atoms with van der Waals surface area (Å²) in [6.07, 6.45) is -0.224. The fourth-order valence-corrected chi connectivity index (χ4v) is 1.84. The molecule has 0 fully saturated rings. The number of carboxylic acids is 2. The number of ether oxygens (including phenoxy) is 1. The number of hydrogen-bond acceptors (Lipinski definition) is 4. The van der Waals surface area contributed by atoms with Gasteiger partial charge >= 0.3 is 11.9 Å². The number of carboxylic acid groups (broad SMARTS) is 2. The van der Waals surface area contributed by atoms with E-state index in [0.29, 0.717) is 13.2 Å². The lowest BCUT2D eigenvalue weighted by Crippen LogP contribution is -2.30. The maximum atomic E-state index is 9.99. The van der Waals surface area contributed by atoms with Gasteiger partial charge in [0.15, 0.2) is 0 Å². The molecule has 0 saturated heterocycles. The summed E-state index contributed by atoms with van der Waals surface area (Å²) in [5, 5.41) is 16.3.